The Morgan fingerprint density at radius 3 is 2.37 bits per heavy atom. The number of hydrogen-bond acceptors (Lipinski definition) is 2. The van der Waals surface area contributed by atoms with Crippen molar-refractivity contribution in [2.45, 2.75) is 19.4 Å². The Labute approximate surface area is 166 Å². The number of carbonyl (C=O) groups excluding carboxylic acids is 2. The summed E-state index contributed by atoms with van der Waals surface area (Å²) < 4.78 is 0.954. The Balaban J connectivity index is 1.72. The smallest absolute Gasteiger partial charge is 0.322 e. The Bertz CT molecular complexity index is 935. The highest BCUT2D eigenvalue weighted by molar-refractivity contribution is 9.10. The third kappa shape index (κ3) is 3.04. The quantitative estimate of drug-likeness (QED) is 0.807. The van der Waals surface area contributed by atoms with E-state index in [0.29, 0.717) is 12.1 Å². The van der Waals surface area contributed by atoms with Crippen LogP contribution in [-0.4, -0.2) is 30.4 Å². The molecule has 2 aromatic carbocycles. The first-order chi connectivity index (χ1) is 13.0. The summed E-state index contributed by atoms with van der Waals surface area (Å²) in [6.07, 6.45) is 0.954. The van der Waals surface area contributed by atoms with Crippen LogP contribution in [0.15, 0.2) is 64.3 Å². The number of urea groups is 1. The molecule has 0 unspecified atom stereocenters. The number of benzene rings is 2. The average Bonchev–Trinajstić information content (AvgIpc) is 3.03. The van der Waals surface area contributed by atoms with Crippen molar-refractivity contribution in [2.75, 3.05) is 18.5 Å². The molecule has 4 rings (SSSR count). The van der Waals surface area contributed by atoms with E-state index in [1.54, 1.807) is 16.8 Å². The van der Waals surface area contributed by atoms with Gasteiger partial charge in [-0.25, -0.2) is 4.79 Å². The van der Waals surface area contributed by atoms with Gasteiger partial charge in [0.1, 0.15) is 0 Å². The van der Waals surface area contributed by atoms with Gasteiger partial charge >= 0.3 is 6.03 Å². The molecular weight excluding hydrogens is 406 g/mol. The number of likely N-dealkylation sites (N-methyl/N-ethyl adjacent to an activating group) is 1. The van der Waals surface area contributed by atoms with Crippen LogP contribution in [0.1, 0.15) is 24.1 Å². The van der Waals surface area contributed by atoms with E-state index >= 15 is 0 Å². The van der Waals surface area contributed by atoms with E-state index in [0.717, 1.165) is 27.8 Å². The maximum absolute atomic E-state index is 13.3. The second kappa shape index (κ2) is 6.85. The van der Waals surface area contributed by atoms with Gasteiger partial charge in [0.25, 0.3) is 5.91 Å². The van der Waals surface area contributed by atoms with Crippen LogP contribution in [0.2, 0.25) is 0 Å². The van der Waals surface area contributed by atoms with Gasteiger partial charge in [-0.15, -0.1) is 0 Å². The van der Waals surface area contributed by atoms with E-state index in [2.05, 4.69) is 28.2 Å². The van der Waals surface area contributed by atoms with Gasteiger partial charge in [0, 0.05) is 17.2 Å². The predicted octanol–water partition coefficient (Wildman–Crippen LogP) is 4.01. The molecule has 0 fully saturated rings. The third-order valence-electron chi connectivity index (χ3n) is 5.22. The van der Waals surface area contributed by atoms with E-state index < -0.39 is 6.04 Å². The first kappa shape index (κ1) is 17.8. The van der Waals surface area contributed by atoms with Gasteiger partial charge in [-0.05, 0) is 41.8 Å². The maximum Gasteiger partial charge on any atom is 0.322 e. The highest BCUT2D eigenvalue weighted by Gasteiger charge is 2.43. The second-order valence-corrected chi connectivity index (χ2v) is 7.68. The lowest BCUT2D eigenvalue weighted by atomic mass is 9.96. The molecule has 0 saturated carbocycles. The lowest BCUT2D eigenvalue weighted by molar-refractivity contribution is -0.114. The molecule has 2 aliphatic rings. The van der Waals surface area contributed by atoms with Crippen molar-refractivity contribution in [3.63, 3.8) is 0 Å². The van der Waals surface area contributed by atoms with Crippen LogP contribution in [0.4, 0.5) is 10.5 Å². The zero-order valence-corrected chi connectivity index (χ0v) is 16.8. The van der Waals surface area contributed by atoms with Gasteiger partial charge in [0.15, 0.2) is 0 Å². The average molecular weight is 426 g/mol. The van der Waals surface area contributed by atoms with Crippen molar-refractivity contribution in [3.05, 3.63) is 75.4 Å². The summed E-state index contributed by atoms with van der Waals surface area (Å²) in [6.45, 7) is 2.50. The molecular formula is C21H20BrN3O2. The fourth-order valence-electron chi connectivity index (χ4n) is 3.59. The normalized spacial score (nSPS) is 19.4. The van der Waals surface area contributed by atoms with Crippen LogP contribution in [0.3, 0.4) is 0 Å². The summed E-state index contributed by atoms with van der Waals surface area (Å²) in [5, 5.41) is 2.96. The number of aryl methyl sites for hydroxylation is 1. The third-order valence-corrected chi connectivity index (χ3v) is 5.75. The molecule has 0 aromatic heterocycles. The monoisotopic (exact) mass is 425 g/mol. The zero-order chi connectivity index (χ0) is 19.1. The first-order valence-corrected chi connectivity index (χ1v) is 9.72. The van der Waals surface area contributed by atoms with E-state index in [-0.39, 0.29) is 11.9 Å². The first-order valence-electron chi connectivity index (χ1n) is 8.93. The number of amides is 3. The molecule has 2 heterocycles. The molecule has 5 nitrogen and oxygen atoms in total. The highest BCUT2D eigenvalue weighted by atomic mass is 79.9. The summed E-state index contributed by atoms with van der Waals surface area (Å²) in [5.74, 6) is -0.0611. The maximum atomic E-state index is 13.3. The van der Waals surface area contributed by atoms with Gasteiger partial charge in [-0.1, -0.05) is 47.1 Å². The molecule has 0 radical (unpaired) electrons. The summed E-state index contributed by atoms with van der Waals surface area (Å²) >= 11 is 3.43. The molecule has 3 amide bonds. The molecule has 6 heteroatoms. The number of hydrogen-bond donors (Lipinski definition) is 1. The highest BCUT2D eigenvalue weighted by Crippen LogP contribution is 2.37. The number of nitrogens with one attached hydrogen (secondary N) is 1. The Morgan fingerprint density at radius 1 is 1.07 bits per heavy atom. The Hall–Kier alpha value is -2.60. The molecule has 1 N–H and O–H groups in total. The van der Waals surface area contributed by atoms with Crippen LogP contribution in [0, 0.1) is 0 Å². The summed E-state index contributed by atoms with van der Waals surface area (Å²) in [7, 11) is 1.71. The predicted molar refractivity (Wildman–Crippen MR) is 108 cm³/mol. The van der Waals surface area contributed by atoms with Crippen molar-refractivity contribution in [2.24, 2.45) is 0 Å². The number of anilines is 1. The standard InChI is InChI=1S/C21H20BrN3O2/c1-3-13-4-10-16(11-5-13)25-12-17-18(20(25)26)19(23-21(27)24(17)2)14-6-8-15(22)9-7-14/h4-11,19H,3,12H2,1-2H3,(H,23,27)/t19-/m1/s1. The molecule has 0 spiro atoms. The number of nitrogens with zero attached hydrogens (tertiary/aromatic N) is 2. The largest absolute Gasteiger partial charge is 0.327 e. The van der Waals surface area contributed by atoms with Crippen molar-refractivity contribution in [3.8, 4) is 0 Å². The van der Waals surface area contributed by atoms with Crippen LogP contribution >= 0.6 is 15.9 Å². The minimum Gasteiger partial charge on any atom is -0.327 e. The SMILES string of the molecule is CCc1ccc(N2CC3=C(C2=O)[C@@H](c2ccc(Br)cc2)NC(=O)N3C)cc1. The van der Waals surface area contributed by atoms with E-state index in [1.807, 2.05) is 48.5 Å². The Morgan fingerprint density at radius 2 is 1.74 bits per heavy atom. The van der Waals surface area contributed by atoms with E-state index in [9.17, 15) is 9.59 Å². The molecule has 0 aliphatic carbocycles. The second-order valence-electron chi connectivity index (χ2n) is 6.76. The summed E-state index contributed by atoms with van der Waals surface area (Å²) in [5.41, 5.74) is 4.37. The molecule has 2 aliphatic heterocycles. The molecule has 138 valence electrons. The fourth-order valence-corrected chi connectivity index (χ4v) is 3.86. The summed E-state index contributed by atoms with van der Waals surface area (Å²) in [4.78, 5) is 29.0. The van der Waals surface area contributed by atoms with Gasteiger partial charge < -0.3 is 10.2 Å². The minimum absolute atomic E-state index is 0.0611. The summed E-state index contributed by atoms with van der Waals surface area (Å²) in [6, 6.07) is 15.1. The zero-order valence-electron chi connectivity index (χ0n) is 15.2. The van der Waals surface area contributed by atoms with Crippen molar-refractivity contribution < 1.29 is 9.59 Å². The molecule has 0 saturated heterocycles. The van der Waals surface area contributed by atoms with E-state index in [4.69, 9.17) is 0 Å². The van der Waals surface area contributed by atoms with Gasteiger partial charge in [-0.3, -0.25) is 9.69 Å². The topological polar surface area (TPSA) is 52.7 Å². The van der Waals surface area contributed by atoms with Gasteiger partial charge in [0.2, 0.25) is 0 Å². The van der Waals surface area contributed by atoms with Crippen LogP contribution in [-0.2, 0) is 11.2 Å². The Kier molecular flexibility index (Phi) is 4.52. The van der Waals surface area contributed by atoms with Crippen molar-refractivity contribution in [1.82, 2.24) is 10.2 Å². The van der Waals surface area contributed by atoms with Crippen LogP contribution in [0.5, 0.6) is 0 Å². The van der Waals surface area contributed by atoms with Gasteiger partial charge in [-0.2, -0.15) is 0 Å². The van der Waals surface area contributed by atoms with Gasteiger partial charge in [0.05, 0.1) is 23.9 Å². The van der Waals surface area contributed by atoms with Crippen molar-refractivity contribution >= 4 is 33.6 Å². The van der Waals surface area contributed by atoms with Crippen LogP contribution < -0.4 is 10.2 Å². The number of rotatable bonds is 3. The molecule has 27 heavy (non-hydrogen) atoms. The lowest BCUT2D eigenvalue weighted by Gasteiger charge is -2.31. The van der Waals surface area contributed by atoms with Crippen LogP contribution in [0.25, 0.3) is 0 Å². The molecule has 2 aromatic rings. The van der Waals surface area contributed by atoms with E-state index in [1.165, 1.54) is 5.56 Å². The fraction of sp³-hybridized carbons (Fsp3) is 0.238. The van der Waals surface area contributed by atoms with Crippen molar-refractivity contribution in [1.29, 1.82) is 0 Å². The molecule has 0 bridgehead atoms. The number of carbonyl (C=O) groups is 2. The number of halogens is 1. The minimum atomic E-state index is -0.441. The lowest BCUT2D eigenvalue weighted by Crippen LogP contribution is -2.45. The molecule has 1 atom stereocenters.